The van der Waals surface area contributed by atoms with Gasteiger partial charge in [0.15, 0.2) is 0 Å². The van der Waals surface area contributed by atoms with Gasteiger partial charge < -0.3 is 15.0 Å². The van der Waals surface area contributed by atoms with Gasteiger partial charge in [0.2, 0.25) is 5.91 Å². The maximum absolute atomic E-state index is 12.3. The van der Waals surface area contributed by atoms with Gasteiger partial charge in [0.1, 0.15) is 0 Å². The molecule has 0 bridgehead atoms. The summed E-state index contributed by atoms with van der Waals surface area (Å²) in [4.78, 5) is 14.4. The Hall–Kier alpha value is -0.610. The van der Waals surface area contributed by atoms with Gasteiger partial charge in [-0.3, -0.25) is 4.79 Å². The number of amides is 1. The highest BCUT2D eigenvalue weighted by atomic mass is 16.5. The lowest BCUT2D eigenvalue weighted by atomic mass is 9.95. The fourth-order valence-electron chi connectivity index (χ4n) is 2.84. The first-order chi connectivity index (χ1) is 8.31. The van der Waals surface area contributed by atoms with E-state index in [1.807, 2.05) is 11.8 Å². The minimum Gasteiger partial charge on any atom is -0.377 e. The zero-order chi connectivity index (χ0) is 12.1. The Bertz CT molecular complexity index is 250. The quantitative estimate of drug-likeness (QED) is 0.800. The van der Waals surface area contributed by atoms with Crippen LogP contribution in [0.25, 0.3) is 0 Å². The van der Waals surface area contributed by atoms with Crippen molar-refractivity contribution in [3.05, 3.63) is 0 Å². The van der Waals surface area contributed by atoms with Crippen molar-refractivity contribution in [2.75, 3.05) is 32.8 Å². The van der Waals surface area contributed by atoms with Crippen LogP contribution in [0.2, 0.25) is 0 Å². The number of nitrogens with zero attached hydrogens (tertiary/aromatic N) is 1. The third-order valence-corrected chi connectivity index (χ3v) is 3.78. The van der Waals surface area contributed by atoms with Gasteiger partial charge in [-0.15, -0.1) is 0 Å². The lowest BCUT2D eigenvalue weighted by molar-refractivity contribution is -0.140. The van der Waals surface area contributed by atoms with Crippen molar-refractivity contribution in [3.8, 4) is 0 Å². The zero-order valence-electron chi connectivity index (χ0n) is 10.8. The summed E-state index contributed by atoms with van der Waals surface area (Å²) < 4.78 is 5.64. The van der Waals surface area contributed by atoms with Crippen LogP contribution in [0.4, 0.5) is 0 Å². The van der Waals surface area contributed by atoms with Gasteiger partial charge in [0.25, 0.3) is 0 Å². The number of piperidine rings is 2. The van der Waals surface area contributed by atoms with Gasteiger partial charge in [0, 0.05) is 25.6 Å². The Balaban J connectivity index is 1.85. The molecule has 0 aromatic heterocycles. The monoisotopic (exact) mass is 240 g/mol. The Morgan fingerprint density at radius 1 is 1.35 bits per heavy atom. The van der Waals surface area contributed by atoms with Gasteiger partial charge in [-0.05, 0) is 45.7 Å². The molecule has 1 amide bonds. The zero-order valence-corrected chi connectivity index (χ0v) is 10.8. The molecule has 1 N–H and O–H groups in total. The first kappa shape index (κ1) is 12.8. The number of rotatable bonds is 3. The van der Waals surface area contributed by atoms with E-state index in [0.29, 0.717) is 5.91 Å². The van der Waals surface area contributed by atoms with Crippen molar-refractivity contribution >= 4 is 5.91 Å². The molecule has 1 unspecified atom stereocenters. The molecule has 0 radical (unpaired) electrons. The van der Waals surface area contributed by atoms with Crippen molar-refractivity contribution in [1.29, 1.82) is 0 Å². The Morgan fingerprint density at radius 2 is 2.12 bits per heavy atom. The van der Waals surface area contributed by atoms with E-state index in [-0.39, 0.29) is 12.0 Å². The van der Waals surface area contributed by atoms with Crippen LogP contribution in [0.5, 0.6) is 0 Å². The molecule has 4 heteroatoms. The second-order valence-electron chi connectivity index (χ2n) is 5.03. The van der Waals surface area contributed by atoms with Gasteiger partial charge in [0.05, 0.1) is 6.10 Å². The number of likely N-dealkylation sites (tertiary alicyclic amines) is 1. The summed E-state index contributed by atoms with van der Waals surface area (Å²) in [5.41, 5.74) is 0. The molecule has 2 saturated heterocycles. The molecule has 0 aromatic carbocycles. The number of carbonyl (C=O) groups is 1. The number of hydrogen-bond acceptors (Lipinski definition) is 3. The number of carbonyl (C=O) groups excluding carboxylic acids is 1. The average Bonchev–Trinajstić information content (AvgIpc) is 2.40. The number of ether oxygens (including phenoxy) is 1. The normalized spacial score (nSPS) is 27.1. The molecule has 4 nitrogen and oxygen atoms in total. The van der Waals surface area contributed by atoms with Crippen LogP contribution in [0.3, 0.4) is 0 Å². The highest BCUT2D eigenvalue weighted by molar-refractivity contribution is 5.79. The fraction of sp³-hybridized carbons (Fsp3) is 0.923. The van der Waals surface area contributed by atoms with Gasteiger partial charge >= 0.3 is 0 Å². The van der Waals surface area contributed by atoms with Crippen LogP contribution in [-0.4, -0.2) is 49.7 Å². The summed E-state index contributed by atoms with van der Waals surface area (Å²) in [7, 11) is 0. The van der Waals surface area contributed by atoms with Crippen LogP contribution in [0, 0.1) is 5.92 Å². The first-order valence-electron chi connectivity index (χ1n) is 6.92. The summed E-state index contributed by atoms with van der Waals surface area (Å²) in [5, 5.41) is 3.31. The minimum absolute atomic E-state index is 0.247. The number of nitrogens with one attached hydrogen (secondary N) is 1. The topological polar surface area (TPSA) is 41.6 Å². The van der Waals surface area contributed by atoms with E-state index in [1.165, 1.54) is 0 Å². The molecule has 17 heavy (non-hydrogen) atoms. The molecule has 2 rings (SSSR count). The Morgan fingerprint density at radius 3 is 2.82 bits per heavy atom. The summed E-state index contributed by atoms with van der Waals surface area (Å²) in [6.07, 6.45) is 4.44. The predicted molar refractivity (Wildman–Crippen MR) is 66.8 cm³/mol. The molecule has 2 heterocycles. The molecule has 1 atom stereocenters. The van der Waals surface area contributed by atoms with Gasteiger partial charge in [-0.2, -0.15) is 0 Å². The smallest absolute Gasteiger partial charge is 0.225 e. The average molecular weight is 240 g/mol. The van der Waals surface area contributed by atoms with Crippen LogP contribution < -0.4 is 5.32 Å². The van der Waals surface area contributed by atoms with Crippen molar-refractivity contribution in [2.24, 2.45) is 5.92 Å². The Kier molecular flexibility index (Phi) is 4.80. The van der Waals surface area contributed by atoms with Crippen LogP contribution in [0.1, 0.15) is 32.6 Å². The standard InChI is InChI=1S/C13H24N2O2/c1-2-17-12-4-3-9-15(10-12)13(16)11-5-7-14-8-6-11/h11-12,14H,2-10H2,1H3. The van der Waals surface area contributed by atoms with Crippen molar-refractivity contribution in [2.45, 2.75) is 38.7 Å². The summed E-state index contributed by atoms with van der Waals surface area (Å²) in [6.45, 7) is 6.47. The largest absolute Gasteiger partial charge is 0.377 e. The molecular weight excluding hydrogens is 216 g/mol. The van der Waals surface area contributed by atoms with Gasteiger partial charge in [-0.25, -0.2) is 0 Å². The SMILES string of the molecule is CCOC1CCCN(C(=O)C2CCNCC2)C1. The molecule has 0 aliphatic carbocycles. The van der Waals surface area contributed by atoms with E-state index in [0.717, 1.165) is 58.5 Å². The lowest BCUT2D eigenvalue weighted by Crippen LogP contribution is -2.47. The van der Waals surface area contributed by atoms with E-state index >= 15 is 0 Å². The Labute approximate surface area is 104 Å². The highest BCUT2D eigenvalue weighted by Crippen LogP contribution is 2.20. The maximum atomic E-state index is 12.3. The summed E-state index contributed by atoms with van der Waals surface area (Å²) >= 11 is 0. The fourth-order valence-corrected chi connectivity index (χ4v) is 2.84. The molecule has 0 aromatic rings. The lowest BCUT2D eigenvalue weighted by Gasteiger charge is -2.35. The third-order valence-electron chi connectivity index (χ3n) is 3.78. The van der Waals surface area contributed by atoms with E-state index in [9.17, 15) is 4.79 Å². The molecule has 0 saturated carbocycles. The summed E-state index contributed by atoms with van der Waals surface area (Å²) in [5.74, 6) is 0.604. The molecule has 0 spiro atoms. The second-order valence-corrected chi connectivity index (χ2v) is 5.03. The molecule has 2 aliphatic heterocycles. The molecule has 2 aliphatic rings. The first-order valence-corrected chi connectivity index (χ1v) is 6.92. The second kappa shape index (κ2) is 6.36. The minimum atomic E-state index is 0.247. The number of hydrogen-bond donors (Lipinski definition) is 1. The van der Waals surface area contributed by atoms with E-state index in [4.69, 9.17) is 4.74 Å². The van der Waals surface area contributed by atoms with Crippen LogP contribution in [-0.2, 0) is 9.53 Å². The van der Waals surface area contributed by atoms with E-state index < -0.39 is 0 Å². The summed E-state index contributed by atoms with van der Waals surface area (Å²) in [6, 6.07) is 0. The van der Waals surface area contributed by atoms with Crippen molar-refractivity contribution in [3.63, 3.8) is 0 Å². The predicted octanol–water partition coefficient (Wildman–Crippen LogP) is 1.01. The molecule has 2 fully saturated rings. The van der Waals surface area contributed by atoms with Crippen molar-refractivity contribution < 1.29 is 9.53 Å². The van der Waals surface area contributed by atoms with Gasteiger partial charge in [-0.1, -0.05) is 0 Å². The van der Waals surface area contributed by atoms with Crippen LogP contribution >= 0.6 is 0 Å². The van der Waals surface area contributed by atoms with E-state index in [1.54, 1.807) is 0 Å². The van der Waals surface area contributed by atoms with Crippen LogP contribution in [0.15, 0.2) is 0 Å². The maximum Gasteiger partial charge on any atom is 0.225 e. The third kappa shape index (κ3) is 3.42. The molecular formula is C13H24N2O2. The van der Waals surface area contributed by atoms with Crippen molar-refractivity contribution in [1.82, 2.24) is 10.2 Å². The highest BCUT2D eigenvalue weighted by Gasteiger charge is 2.29. The van der Waals surface area contributed by atoms with E-state index in [2.05, 4.69) is 5.32 Å². The molecule has 98 valence electrons.